The number of anilines is 1. The van der Waals surface area contributed by atoms with Crippen LogP contribution in [0.3, 0.4) is 0 Å². The van der Waals surface area contributed by atoms with E-state index in [1.807, 2.05) is 0 Å². The molecule has 0 aliphatic rings. The molecule has 2 aromatic rings. The molecule has 2 rings (SSSR count). The van der Waals surface area contributed by atoms with Crippen molar-refractivity contribution in [1.29, 1.82) is 0 Å². The van der Waals surface area contributed by atoms with E-state index < -0.39 is 10.0 Å². The van der Waals surface area contributed by atoms with Crippen LogP contribution >= 0.6 is 50.7 Å². The van der Waals surface area contributed by atoms with Crippen LogP contribution in [0.15, 0.2) is 32.2 Å². The largest absolute Gasteiger partial charge is 0.452 e. The number of nitrogens with one attached hydrogen (secondary N) is 1. The van der Waals surface area contributed by atoms with Gasteiger partial charge in [0.2, 0.25) is 0 Å². The third-order valence-electron chi connectivity index (χ3n) is 2.45. The van der Waals surface area contributed by atoms with E-state index in [0.29, 0.717) is 5.76 Å². The molecule has 0 aliphatic carbocycles. The zero-order chi connectivity index (χ0) is 15.8. The van der Waals surface area contributed by atoms with Crippen molar-refractivity contribution >= 4 is 66.4 Å². The molecule has 0 aliphatic heterocycles. The van der Waals surface area contributed by atoms with Crippen LogP contribution in [0.2, 0.25) is 15.1 Å². The van der Waals surface area contributed by atoms with Crippen molar-refractivity contribution in [3.05, 3.63) is 43.7 Å². The SMILES string of the molecule is NCc1cc(S(=O)(=O)Nc2cc(Cl)c(Cl)cc2Cl)c(Br)o1. The Morgan fingerprint density at radius 3 is 2.33 bits per heavy atom. The van der Waals surface area contributed by atoms with Gasteiger partial charge in [-0.2, -0.15) is 0 Å². The topological polar surface area (TPSA) is 85.3 Å². The summed E-state index contributed by atoms with van der Waals surface area (Å²) in [4.78, 5) is -0.0925. The summed E-state index contributed by atoms with van der Waals surface area (Å²) in [7, 11) is -3.92. The molecule has 0 amide bonds. The van der Waals surface area contributed by atoms with Crippen LogP contribution in [-0.2, 0) is 16.6 Å². The summed E-state index contributed by atoms with van der Waals surface area (Å²) in [6.07, 6.45) is 0. The van der Waals surface area contributed by atoms with Gasteiger partial charge in [-0.3, -0.25) is 4.72 Å². The van der Waals surface area contributed by atoms with Crippen molar-refractivity contribution in [3.8, 4) is 0 Å². The first-order valence-corrected chi connectivity index (χ1v) is 8.81. The summed E-state index contributed by atoms with van der Waals surface area (Å²) in [5, 5.41) is 0.513. The highest BCUT2D eigenvalue weighted by atomic mass is 79.9. The smallest absolute Gasteiger partial charge is 0.266 e. The van der Waals surface area contributed by atoms with Gasteiger partial charge in [-0.25, -0.2) is 8.42 Å². The molecule has 3 N–H and O–H groups in total. The van der Waals surface area contributed by atoms with Crippen LogP contribution < -0.4 is 10.5 Å². The Morgan fingerprint density at radius 2 is 1.76 bits per heavy atom. The summed E-state index contributed by atoms with van der Waals surface area (Å²) < 4.78 is 32.2. The highest BCUT2D eigenvalue weighted by Gasteiger charge is 2.23. The predicted octanol–water partition coefficient (Wildman–Crippen LogP) is 4.26. The summed E-state index contributed by atoms with van der Waals surface area (Å²) in [5.74, 6) is 0.322. The van der Waals surface area contributed by atoms with Crippen LogP contribution in [0, 0.1) is 0 Å². The molecule has 1 aromatic carbocycles. The van der Waals surface area contributed by atoms with Gasteiger partial charge in [-0.1, -0.05) is 34.8 Å². The summed E-state index contributed by atoms with van der Waals surface area (Å²) in [6, 6.07) is 3.98. The van der Waals surface area contributed by atoms with Gasteiger partial charge in [0.05, 0.1) is 27.3 Å². The third kappa shape index (κ3) is 3.67. The minimum Gasteiger partial charge on any atom is -0.452 e. The Hall–Kier alpha value is -0.440. The number of nitrogens with two attached hydrogens (primary N) is 1. The molecule has 0 radical (unpaired) electrons. The normalized spacial score (nSPS) is 11.7. The number of hydrogen-bond donors (Lipinski definition) is 2. The number of furan rings is 1. The Labute approximate surface area is 144 Å². The Balaban J connectivity index is 2.42. The fourth-order valence-corrected chi connectivity index (χ4v) is 4.20. The molecule has 0 spiro atoms. The zero-order valence-corrected chi connectivity index (χ0v) is 14.8. The van der Waals surface area contributed by atoms with Gasteiger partial charge < -0.3 is 10.2 Å². The molecular formula is C11H8BrCl3N2O3S. The lowest BCUT2D eigenvalue weighted by Gasteiger charge is -2.09. The Bertz CT molecular complexity index is 792. The molecule has 1 heterocycles. The first kappa shape index (κ1) is 16.9. The standard InChI is InChI=1S/C11H8BrCl3N2O3S/c12-11-10(1-5(4-16)20-11)21(18,19)17-9-3-7(14)6(13)2-8(9)15/h1-3,17H,4,16H2. The maximum absolute atomic E-state index is 12.3. The monoisotopic (exact) mass is 432 g/mol. The average Bonchev–Trinajstić information content (AvgIpc) is 2.78. The van der Waals surface area contributed by atoms with E-state index in [2.05, 4.69) is 20.7 Å². The second-order valence-corrected chi connectivity index (χ2v) is 7.50. The van der Waals surface area contributed by atoms with E-state index in [9.17, 15) is 8.42 Å². The van der Waals surface area contributed by atoms with Gasteiger partial charge in [-0.05, 0) is 28.1 Å². The van der Waals surface area contributed by atoms with Crippen LogP contribution in [0.25, 0.3) is 0 Å². The molecule has 0 atom stereocenters. The van der Waals surface area contributed by atoms with Gasteiger partial charge >= 0.3 is 0 Å². The first-order valence-electron chi connectivity index (χ1n) is 5.40. The minimum absolute atomic E-state index is 0.0478. The third-order valence-corrected chi connectivity index (χ3v) is 5.71. The van der Waals surface area contributed by atoms with Crippen molar-refractivity contribution < 1.29 is 12.8 Å². The van der Waals surface area contributed by atoms with Gasteiger partial charge in [0.1, 0.15) is 10.7 Å². The number of sulfonamides is 1. The maximum atomic E-state index is 12.3. The van der Waals surface area contributed by atoms with E-state index in [0.717, 1.165) is 0 Å². The molecule has 0 unspecified atom stereocenters. The molecule has 10 heteroatoms. The highest BCUT2D eigenvalue weighted by Crippen LogP contribution is 2.34. The second-order valence-electron chi connectivity index (χ2n) is 3.91. The fourth-order valence-electron chi connectivity index (χ4n) is 1.48. The number of benzene rings is 1. The van der Waals surface area contributed by atoms with E-state index >= 15 is 0 Å². The van der Waals surface area contributed by atoms with Crippen LogP contribution in [0.5, 0.6) is 0 Å². The number of rotatable bonds is 4. The van der Waals surface area contributed by atoms with Crippen molar-refractivity contribution in [1.82, 2.24) is 0 Å². The van der Waals surface area contributed by atoms with Gasteiger partial charge in [0.25, 0.3) is 10.0 Å². The number of halogens is 4. The van der Waals surface area contributed by atoms with Crippen LogP contribution in [0.4, 0.5) is 5.69 Å². The van der Waals surface area contributed by atoms with E-state index in [4.69, 9.17) is 45.0 Å². The van der Waals surface area contributed by atoms with Gasteiger partial charge in [0.15, 0.2) is 4.67 Å². The predicted molar refractivity (Wildman–Crippen MR) is 86.6 cm³/mol. The summed E-state index contributed by atoms with van der Waals surface area (Å²) >= 11 is 20.6. The van der Waals surface area contributed by atoms with E-state index in [1.54, 1.807) is 0 Å². The molecular weight excluding hydrogens is 426 g/mol. The van der Waals surface area contributed by atoms with Crippen molar-refractivity contribution in [3.63, 3.8) is 0 Å². The molecule has 21 heavy (non-hydrogen) atoms. The van der Waals surface area contributed by atoms with Gasteiger partial charge in [-0.15, -0.1) is 0 Å². The molecule has 1 aromatic heterocycles. The van der Waals surface area contributed by atoms with Crippen LogP contribution in [0.1, 0.15) is 5.76 Å². The number of hydrogen-bond acceptors (Lipinski definition) is 4. The molecule has 5 nitrogen and oxygen atoms in total. The fraction of sp³-hybridized carbons (Fsp3) is 0.0909. The average molecular weight is 435 g/mol. The lowest BCUT2D eigenvalue weighted by molar-refractivity contribution is 0.484. The van der Waals surface area contributed by atoms with Crippen LogP contribution in [-0.4, -0.2) is 8.42 Å². The lowest BCUT2D eigenvalue weighted by Crippen LogP contribution is -2.13. The Kier molecular flexibility index (Phi) is 5.12. The molecule has 0 fully saturated rings. The van der Waals surface area contributed by atoms with Crippen molar-refractivity contribution in [2.45, 2.75) is 11.4 Å². The van der Waals surface area contributed by atoms with Crippen molar-refractivity contribution in [2.24, 2.45) is 5.73 Å². The molecule has 0 saturated heterocycles. The summed E-state index contributed by atoms with van der Waals surface area (Å²) in [5.41, 5.74) is 5.51. The molecule has 0 bridgehead atoms. The maximum Gasteiger partial charge on any atom is 0.266 e. The molecule has 0 saturated carbocycles. The van der Waals surface area contributed by atoms with Gasteiger partial charge in [0, 0.05) is 6.07 Å². The second kappa shape index (κ2) is 6.36. The highest BCUT2D eigenvalue weighted by molar-refractivity contribution is 9.10. The zero-order valence-electron chi connectivity index (χ0n) is 10.2. The van der Waals surface area contributed by atoms with Crippen molar-refractivity contribution in [2.75, 3.05) is 4.72 Å². The summed E-state index contributed by atoms with van der Waals surface area (Å²) in [6.45, 7) is 0.0711. The molecule has 114 valence electrons. The Morgan fingerprint density at radius 1 is 1.14 bits per heavy atom. The van der Waals surface area contributed by atoms with E-state index in [-0.39, 0.29) is 36.9 Å². The first-order chi connectivity index (χ1) is 9.74. The quantitative estimate of drug-likeness (QED) is 0.704. The lowest BCUT2D eigenvalue weighted by atomic mass is 10.3. The minimum atomic E-state index is -3.92. The van der Waals surface area contributed by atoms with E-state index in [1.165, 1.54) is 18.2 Å².